The molecule has 0 aliphatic heterocycles. The van der Waals surface area contributed by atoms with E-state index >= 15 is 0 Å². The van der Waals surface area contributed by atoms with Gasteiger partial charge in [-0.2, -0.15) is 0 Å². The van der Waals surface area contributed by atoms with Crippen LogP contribution in [-0.4, -0.2) is 13.7 Å². The number of hydrogen-bond acceptors (Lipinski definition) is 3. The third kappa shape index (κ3) is 3.38. The van der Waals surface area contributed by atoms with Gasteiger partial charge in [-0.1, -0.05) is 42.5 Å². The number of nitrogens with two attached hydrogens (primary N) is 1. The summed E-state index contributed by atoms with van der Waals surface area (Å²) in [5.41, 5.74) is 10.7. The van der Waals surface area contributed by atoms with Gasteiger partial charge in [0.15, 0.2) is 0 Å². The van der Waals surface area contributed by atoms with Crippen LogP contribution in [-0.2, 0) is 11.3 Å². The molecule has 0 aromatic heterocycles. The molecule has 20 heavy (non-hydrogen) atoms. The van der Waals surface area contributed by atoms with Gasteiger partial charge in [0.05, 0.1) is 12.6 Å². The van der Waals surface area contributed by atoms with Gasteiger partial charge in [-0.15, -0.1) is 0 Å². The zero-order chi connectivity index (χ0) is 14.4. The molecule has 0 aliphatic rings. The second-order valence-corrected chi connectivity index (χ2v) is 4.88. The molecule has 0 fully saturated rings. The van der Waals surface area contributed by atoms with E-state index in [2.05, 4.69) is 36.5 Å². The number of nitrogens with one attached hydrogen (secondary N) is 1. The van der Waals surface area contributed by atoms with Crippen LogP contribution in [0.15, 0.2) is 48.5 Å². The zero-order valence-corrected chi connectivity index (χ0v) is 12.1. The molecule has 0 saturated carbocycles. The summed E-state index contributed by atoms with van der Waals surface area (Å²) >= 11 is 0. The molecule has 0 heterocycles. The van der Waals surface area contributed by atoms with Crippen molar-refractivity contribution in [3.63, 3.8) is 0 Å². The van der Waals surface area contributed by atoms with Crippen molar-refractivity contribution in [3.05, 3.63) is 65.2 Å². The highest BCUT2D eigenvalue weighted by molar-refractivity contribution is 5.52. The normalized spacial score (nSPS) is 12.2. The van der Waals surface area contributed by atoms with E-state index in [9.17, 15) is 0 Å². The number of benzene rings is 2. The molecule has 106 valence electrons. The lowest BCUT2D eigenvalue weighted by Crippen LogP contribution is -2.22. The van der Waals surface area contributed by atoms with Gasteiger partial charge in [0.25, 0.3) is 0 Å². The van der Waals surface area contributed by atoms with Crippen LogP contribution < -0.4 is 11.1 Å². The minimum atomic E-state index is 0.0856. The fraction of sp³-hybridized carbons (Fsp3) is 0.294. The average molecular weight is 270 g/mol. The Hall–Kier alpha value is -1.84. The number of hydrogen-bond donors (Lipinski definition) is 2. The Labute approximate surface area is 120 Å². The van der Waals surface area contributed by atoms with E-state index in [1.807, 2.05) is 24.3 Å². The number of aryl methyl sites for hydroxylation is 1. The molecule has 1 unspecified atom stereocenters. The second-order valence-electron chi connectivity index (χ2n) is 4.88. The van der Waals surface area contributed by atoms with Gasteiger partial charge in [0.2, 0.25) is 0 Å². The molecule has 0 bridgehead atoms. The number of para-hydroxylation sites is 1. The van der Waals surface area contributed by atoms with Gasteiger partial charge in [-0.25, -0.2) is 0 Å². The summed E-state index contributed by atoms with van der Waals surface area (Å²) in [6, 6.07) is 16.6. The SMILES string of the molecule is COCc1ccccc1C(CN)Nc1ccccc1C. The molecule has 2 aromatic carbocycles. The van der Waals surface area contributed by atoms with Crippen molar-refractivity contribution in [2.45, 2.75) is 19.6 Å². The highest BCUT2D eigenvalue weighted by Gasteiger charge is 2.14. The van der Waals surface area contributed by atoms with E-state index in [0.717, 1.165) is 5.69 Å². The Morgan fingerprint density at radius 2 is 1.80 bits per heavy atom. The first-order valence-corrected chi connectivity index (χ1v) is 6.85. The largest absolute Gasteiger partial charge is 0.380 e. The summed E-state index contributed by atoms with van der Waals surface area (Å²) in [7, 11) is 1.71. The average Bonchev–Trinajstić information content (AvgIpc) is 2.48. The highest BCUT2D eigenvalue weighted by atomic mass is 16.5. The molecule has 2 rings (SSSR count). The summed E-state index contributed by atoms with van der Waals surface area (Å²) in [6.07, 6.45) is 0. The first-order chi connectivity index (χ1) is 9.76. The maximum absolute atomic E-state index is 5.96. The standard InChI is InChI=1S/C17H22N2O/c1-13-7-3-6-10-16(13)19-17(11-18)15-9-5-4-8-14(15)12-20-2/h3-10,17,19H,11-12,18H2,1-2H3. The van der Waals surface area contributed by atoms with Gasteiger partial charge in [0.1, 0.15) is 0 Å². The molecule has 0 amide bonds. The molecule has 2 aromatic rings. The van der Waals surface area contributed by atoms with Gasteiger partial charge < -0.3 is 15.8 Å². The van der Waals surface area contributed by atoms with E-state index in [1.54, 1.807) is 7.11 Å². The van der Waals surface area contributed by atoms with E-state index < -0.39 is 0 Å². The number of anilines is 1. The van der Waals surface area contributed by atoms with E-state index in [-0.39, 0.29) is 6.04 Å². The van der Waals surface area contributed by atoms with Crippen LogP contribution in [0.2, 0.25) is 0 Å². The summed E-state index contributed by atoms with van der Waals surface area (Å²) in [5.74, 6) is 0. The Morgan fingerprint density at radius 1 is 1.10 bits per heavy atom. The van der Waals surface area contributed by atoms with Gasteiger partial charge in [-0.3, -0.25) is 0 Å². The fourth-order valence-electron chi connectivity index (χ4n) is 2.35. The van der Waals surface area contributed by atoms with Gasteiger partial charge in [-0.05, 0) is 29.7 Å². The van der Waals surface area contributed by atoms with Crippen LogP contribution in [0.4, 0.5) is 5.69 Å². The summed E-state index contributed by atoms with van der Waals surface area (Å²) in [6.45, 7) is 3.23. The summed E-state index contributed by atoms with van der Waals surface area (Å²) < 4.78 is 5.27. The lowest BCUT2D eigenvalue weighted by molar-refractivity contribution is 0.184. The monoisotopic (exact) mass is 270 g/mol. The second kappa shape index (κ2) is 7.08. The Kier molecular flexibility index (Phi) is 5.16. The van der Waals surface area contributed by atoms with Crippen LogP contribution >= 0.6 is 0 Å². The molecule has 1 atom stereocenters. The van der Waals surface area contributed by atoms with Crippen molar-refractivity contribution in [1.29, 1.82) is 0 Å². The van der Waals surface area contributed by atoms with Gasteiger partial charge >= 0.3 is 0 Å². The van der Waals surface area contributed by atoms with Crippen LogP contribution in [0.25, 0.3) is 0 Å². The first kappa shape index (κ1) is 14.6. The van der Waals surface area contributed by atoms with Crippen molar-refractivity contribution in [2.24, 2.45) is 5.73 Å². The smallest absolute Gasteiger partial charge is 0.0716 e. The Morgan fingerprint density at radius 3 is 2.50 bits per heavy atom. The van der Waals surface area contributed by atoms with Crippen LogP contribution in [0.5, 0.6) is 0 Å². The topological polar surface area (TPSA) is 47.3 Å². The maximum atomic E-state index is 5.96. The predicted octanol–water partition coefficient (Wildman–Crippen LogP) is 3.25. The van der Waals surface area contributed by atoms with Gasteiger partial charge in [0, 0.05) is 19.3 Å². The van der Waals surface area contributed by atoms with Crippen LogP contribution in [0.3, 0.4) is 0 Å². The highest BCUT2D eigenvalue weighted by Crippen LogP contribution is 2.24. The molecule has 0 spiro atoms. The van der Waals surface area contributed by atoms with E-state index in [1.165, 1.54) is 16.7 Å². The number of rotatable bonds is 6. The zero-order valence-electron chi connectivity index (χ0n) is 12.1. The molecule has 3 nitrogen and oxygen atoms in total. The third-order valence-electron chi connectivity index (χ3n) is 3.44. The maximum Gasteiger partial charge on any atom is 0.0716 e. The fourth-order valence-corrected chi connectivity index (χ4v) is 2.35. The molecule has 3 N–H and O–H groups in total. The lowest BCUT2D eigenvalue weighted by Gasteiger charge is -2.22. The van der Waals surface area contributed by atoms with Crippen LogP contribution in [0.1, 0.15) is 22.7 Å². The Balaban J connectivity index is 2.27. The number of methoxy groups -OCH3 is 1. The molecular weight excluding hydrogens is 248 g/mol. The predicted molar refractivity (Wildman–Crippen MR) is 83.8 cm³/mol. The van der Waals surface area contributed by atoms with Crippen molar-refractivity contribution in [2.75, 3.05) is 19.0 Å². The summed E-state index contributed by atoms with van der Waals surface area (Å²) in [4.78, 5) is 0. The lowest BCUT2D eigenvalue weighted by atomic mass is 10.00. The molecular formula is C17H22N2O. The molecule has 3 heteroatoms. The van der Waals surface area contributed by atoms with Crippen molar-refractivity contribution in [3.8, 4) is 0 Å². The minimum absolute atomic E-state index is 0.0856. The van der Waals surface area contributed by atoms with Crippen LogP contribution in [0, 0.1) is 6.92 Å². The quantitative estimate of drug-likeness (QED) is 0.847. The van der Waals surface area contributed by atoms with Crippen molar-refractivity contribution in [1.82, 2.24) is 0 Å². The van der Waals surface area contributed by atoms with E-state index in [0.29, 0.717) is 13.2 Å². The van der Waals surface area contributed by atoms with E-state index in [4.69, 9.17) is 10.5 Å². The molecule has 0 aliphatic carbocycles. The molecule has 0 saturated heterocycles. The Bertz CT molecular complexity index is 554. The summed E-state index contributed by atoms with van der Waals surface area (Å²) in [5, 5.41) is 3.53. The first-order valence-electron chi connectivity index (χ1n) is 6.85. The van der Waals surface area contributed by atoms with Crippen molar-refractivity contribution < 1.29 is 4.74 Å². The molecule has 0 radical (unpaired) electrons. The third-order valence-corrected chi connectivity index (χ3v) is 3.44. The minimum Gasteiger partial charge on any atom is -0.380 e. The number of ether oxygens (including phenoxy) is 1. The van der Waals surface area contributed by atoms with Crippen molar-refractivity contribution >= 4 is 5.69 Å².